The molecule has 0 saturated heterocycles. The minimum Gasteiger partial charge on any atom is -0.495 e. The number of carbonyl (C=O) groups excluding carboxylic acids is 2. The number of sulfonamides is 1. The zero-order valence-electron chi connectivity index (χ0n) is 24.6. The largest absolute Gasteiger partial charge is 0.495 e. The third-order valence-electron chi connectivity index (χ3n) is 7.70. The van der Waals surface area contributed by atoms with Crippen molar-refractivity contribution in [2.45, 2.75) is 57.2 Å². The van der Waals surface area contributed by atoms with Crippen LogP contribution in [0.2, 0.25) is 15.1 Å². The molecule has 3 aromatic carbocycles. The van der Waals surface area contributed by atoms with Crippen LogP contribution in [-0.2, 0) is 32.6 Å². The highest BCUT2D eigenvalue weighted by Gasteiger charge is 2.35. The summed E-state index contributed by atoms with van der Waals surface area (Å²) in [5.41, 5.74) is 1.37. The molecule has 4 rings (SSSR count). The summed E-state index contributed by atoms with van der Waals surface area (Å²) in [5.74, 6) is -0.749. The fourth-order valence-corrected chi connectivity index (χ4v) is 6.93. The number of halogens is 3. The topological polar surface area (TPSA) is 96.0 Å². The van der Waals surface area contributed by atoms with Gasteiger partial charge in [-0.15, -0.1) is 0 Å². The summed E-state index contributed by atoms with van der Waals surface area (Å²) in [7, 11) is -2.62. The van der Waals surface area contributed by atoms with Crippen LogP contribution >= 0.6 is 34.8 Å². The van der Waals surface area contributed by atoms with E-state index in [0.29, 0.717) is 15.6 Å². The molecule has 0 unspecified atom stereocenters. The molecule has 1 N–H and O–H groups in total. The van der Waals surface area contributed by atoms with E-state index in [1.54, 1.807) is 24.3 Å². The molecule has 1 atom stereocenters. The van der Waals surface area contributed by atoms with E-state index in [1.165, 1.54) is 24.1 Å². The number of hydrogen-bond acceptors (Lipinski definition) is 5. The van der Waals surface area contributed by atoms with E-state index >= 15 is 0 Å². The average molecular weight is 681 g/mol. The maximum atomic E-state index is 14.4. The van der Waals surface area contributed by atoms with Crippen LogP contribution in [-0.4, -0.2) is 57.1 Å². The molecule has 0 heterocycles. The van der Waals surface area contributed by atoms with Gasteiger partial charge in [-0.25, -0.2) is 8.42 Å². The first kappa shape index (κ1) is 33.9. The SMILES string of the molecule is COc1ccc(Cl)cc1N(CC(=O)N(Cc1c(Cl)cccc1Cl)[C@@H](Cc1ccccc1)C(=O)NC1CCCCC1)S(C)(=O)=O. The summed E-state index contributed by atoms with van der Waals surface area (Å²) >= 11 is 19.3. The van der Waals surface area contributed by atoms with Crippen molar-refractivity contribution in [1.29, 1.82) is 0 Å². The Hall–Kier alpha value is -2.98. The van der Waals surface area contributed by atoms with Gasteiger partial charge in [-0.05, 0) is 48.7 Å². The summed E-state index contributed by atoms with van der Waals surface area (Å²) in [5, 5.41) is 4.06. The average Bonchev–Trinajstić information content (AvgIpc) is 2.99. The van der Waals surface area contributed by atoms with Crippen molar-refractivity contribution in [3.63, 3.8) is 0 Å². The molecule has 0 radical (unpaired) electrons. The number of carbonyl (C=O) groups is 2. The number of nitrogens with one attached hydrogen (secondary N) is 1. The van der Waals surface area contributed by atoms with Crippen LogP contribution in [0.1, 0.15) is 43.2 Å². The van der Waals surface area contributed by atoms with E-state index < -0.39 is 28.5 Å². The van der Waals surface area contributed by atoms with E-state index in [9.17, 15) is 18.0 Å². The predicted octanol–water partition coefficient (Wildman–Crippen LogP) is 6.51. The smallest absolute Gasteiger partial charge is 0.244 e. The maximum absolute atomic E-state index is 14.4. The fraction of sp³-hybridized carbons (Fsp3) is 0.375. The highest BCUT2D eigenvalue weighted by Crippen LogP contribution is 2.34. The Kier molecular flexibility index (Phi) is 11.8. The van der Waals surface area contributed by atoms with E-state index in [0.717, 1.165) is 48.2 Å². The Balaban J connectivity index is 1.79. The highest BCUT2D eigenvalue weighted by atomic mass is 35.5. The Morgan fingerprint density at radius 3 is 2.23 bits per heavy atom. The Morgan fingerprint density at radius 1 is 0.955 bits per heavy atom. The Bertz CT molecular complexity index is 1550. The first-order valence-electron chi connectivity index (χ1n) is 14.4. The van der Waals surface area contributed by atoms with Gasteiger partial charge in [-0.2, -0.15) is 0 Å². The lowest BCUT2D eigenvalue weighted by Gasteiger charge is -2.35. The molecule has 0 aliphatic heterocycles. The van der Waals surface area contributed by atoms with Gasteiger partial charge >= 0.3 is 0 Å². The molecule has 3 aromatic rings. The van der Waals surface area contributed by atoms with Crippen molar-refractivity contribution < 1.29 is 22.7 Å². The van der Waals surface area contributed by atoms with Gasteiger partial charge in [0, 0.05) is 39.6 Å². The van der Waals surface area contributed by atoms with Gasteiger partial charge in [0.1, 0.15) is 18.3 Å². The van der Waals surface area contributed by atoms with Gasteiger partial charge in [-0.3, -0.25) is 13.9 Å². The van der Waals surface area contributed by atoms with E-state index in [-0.39, 0.29) is 41.4 Å². The van der Waals surface area contributed by atoms with Crippen molar-refractivity contribution in [2.75, 3.05) is 24.2 Å². The van der Waals surface area contributed by atoms with Gasteiger partial charge in [0.2, 0.25) is 21.8 Å². The van der Waals surface area contributed by atoms with E-state index in [4.69, 9.17) is 39.5 Å². The van der Waals surface area contributed by atoms with Crippen LogP contribution in [0, 0.1) is 0 Å². The molecular weight excluding hydrogens is 645 g/mol. The van der Waals surface area contributed by atoms with Crippen molar-refractivity contribution in [2.24, 2.45) is 0 Å². The number of methoxy groups -OCH3 is 1. The molecule has 8 nitrogen and oxygen atoms in total. The minimum atomic E-state index is -4.02. The first-order valence-corrected chi connectivity index (χ1v) is 17.3. The van der Waals surface area contributed by atoms with E-state index in [2.05, 4.69) is 5.32 Å². The standard InChI is InChI=1S/C32H36Cl3N3O5S/c1-43-30-17-16-23(33)19-28(30)38(44(2,41)42)21-31(39)37(20-25-26(34)14-9-15-27(25)35)29(18-22-10-5-3-6-11-22)32(40)36-24-12-7-4-8-13-24/h3,5-6,9-11,14-17,19,24,29H,4,7-8,12-13,18,20-21H2,1-2H3,(H,36,40)/t29-/m0/s1. The van der Waals surface area contributed by atoms with Gasteiger partial charge in [0.05, 0.1) is 19.1 Å². The second kappa shape index (κ2) is 15.3. The van der Waals surface area contributed by atoms with Crippen molar-refractivity contribution in [3.8, 4) is 5.75 Å². The molecule has 0 spiro atoms. The monoisotopic (exact) mass is 679 g/mol. The lowest BCUT2D eigenvalue weighted by molar-refractivity contribution is -0.140. The molecule has 44 heavy (non-hydrogen) atoms. The second-order valence-corrected chi connectivity index (χ2v) is 14.0. The molecule has 12 heteroatoms. The second-order valence-electron chi connectivity index (χ2n) is 10.9. The summed E-state index contributed by atoms with van der Waals surface area (Å²) in [6, 6.07) is 17.8. The maximum Gasteiger partial charge on any atom is 0.244 e. The normalized spacial score (nSPS) is 14.5. The lowest BCUT2D eigenvalue weighted by atomic mass is 9.94. The van der Waals surface area contributed by atoms with Gasteiger partial charge in [0.15, 0.2) is 0 Å². The number of anilines is 1. The zero-order chi connectivity index (χ0) is 31.9. The van der Waals surface area contributed by atoms with Gasteiger partial charge in [-0.1, -0.05) is 90.5 Å². The molecule has 1 saturated carbocycles. The minimum absolute atomic E-state index is 0.0152. The zero-order valence-corrected chi connectivity index (χ0v) is 27.7. The number of nitrogens with zero attached hydrogens (tertiary/aromatic N) is 2. The van der Waals surface area contributed by atoms with Crippen molar-refractivity contribution >= 4 is 62.3 Å². The molecule has 0 bridgehead atoms. The molecule has 2 amide bonds. The summed E-state index contributed by atoms with van der Waals surface area (Å²) < 4.78 is 32.6. The molecular formula is C32H36Cl3N3O5S. The van der Waals surface area contributed by atoms with Crippen LogP contribution in [0.3, 0.4) is 0 Å². The summed E-state index contributed by atoms with van der Waals surface area (Å²) in [4.78, 5) is 29.8. The number of amides is 2. The van der Waals surface area contributed by atoms with Crippen LogP contribution in [0.5, 0.6) is 5.75 Å². The highest BCUT2D eigenvalue weighted by molar-refractivity contribution is 7.92. The predicted molar refractivity (Wildman–Crippen MR) is 176 cm³/mol. The van der Waals surface area contributed by atoms with Crippen molar-refractivity contribution in [3.05, 3.63) is 92.9 Å². The van der Waals surface area contributed by atoms with Crippen LogP contribution in [0.15, 0.2) is 66.7 Å². The number of rotatable bonds is 12. The third kappa shape index (κ3) is 8.81. The van der Waals surface area contributed by atoms with Gasteiger partial charge in [0.25, 0.3) is 0 Å². The third-order valence-corrected chi connectivity index (χ3v) is 9.77. The molecule has 236 valence electrons. The van der Waals surface area contributed by atoms with Gasteiger partial charge < -0.3 is 15.0 Å². The van der Waals surface area contributed by atoms with Crippen LogP contribution in [0.25, 0.3) is 0 Å². The van der Waals surface area contributed by atoms with Crippen molar-refractivity contribution in [1.82, 2.24) is 10.2 Å². The van der Waals surface area contributed by atoms with E-state index in [1.807, 2.05) is 30.3 Å². The molecule has 0 aromatic heterocycles. The lowest BCUT2D eigenvalue weighted by Crippen LogP contribution is -2.55. The number of ether oxygens (including phenoxy) is 1. The molecule has 1 aliphatic carbocycles. The summed E-state index contributed by atoms with van der Waals surface area (Å²) in [6.45, 7) is -0.753. The summed E-state index contributed by atoms with van der Waals surface area (Å²) in [6.07, 6.45) is 6.02. The molecule has 1 fully saturated rings. The quantitative estimate of drug-likeness (QED) is 0.235. The Labute approximate surface area is 274 Å². The molecule has 1 aliphatic rings. The first-order chi connectivity index (χ1) is 21.0. The fourth-order valence-electron chi connectivity index (χ4n) is 5.40. The number of hydrogen-bond donors (Lipinski definition) is 1. The van der Waals surface area contributed by atoms with Crippen LogP contribution in [0.4, 0.5) is 5.69 Å². The van der Waals surface area contributed by atoms with Crippen LogP contribution < -0.4 is 14.4 Å². The number of benzene rings is 3. The Morgan fingerprint density at radius 2 is 1.61 bits per heavy atom.